The second-order valence-electron chi connectivity index (χ2n) is 12.8. The van der Waals surface area contributed by atoms with E-state index in [1.54, 1.807) is 12.1 Å². The Morgan fingerprint density at radius 3 is 1.96 bits per heavy atom. The molecule has 6 rings (SSSR count). The molecule has 1 saturated heterocycles. The van der Waals surface area contributed by atoms with E-state index < -0.39 is 11.6 Å². The van der Waals surface area contributed by atoms with E-state index in [2.05, 4.69) is 20.6 Å². The zero-order valence-corrected chi connectivity index (χ0v) is 29.4. The number of carbonyl (C=O) groups is 2. The summed E-state index contributed by atoms with van der Waals surface area (Å²) in [6, 6.07) is 12.8. The summed E-state index contributed by atoms with van der Waals surface area (Å²) in [4.78, 5) is 32.4. The molecule has 0 spiro atoms. The van der Waals surface area contributed by atoms with Crippen molar-refractivity contribution in [2.24, 2.45) is 5.92 Å². The van der Waals surface area contributed by atoms with Crippen LogP contribution in [0.15, 0.2) is 48.5 Å². The first-order valence-corrected chi connectivity index (χ1v) is 17.5. The molecule has 2 aliphatic rings. The van der Waals surface area contributed by atoms with Crippen LogP contribution in [0, 0.1) is 17.6 Å². The van der Waals surface area contributed by atoms with Crippen LogP contribution in [0.25, 0.3) is 33.6 Å². The van der Waals surface area contributed by atoms with Crippen molar-refractivity contribution in [3.63, 3.8) is 0 Å². The molecule has 1 aliphatic carbocycles. The normalized spacial score (nSPS) is 17.3. The van der Waals surface area contributed by atoms with Crippen molar-refractivity contribution < 1.29 is 27.8 Å². The quantitative estimate of drug-likeness (QED) is 0.144. The maximum Gasteiger partial charge on any atom is 0.220 e. The average Bonchev–Trinajstić information content (AvgIpc) is 3.73. The van der Waals surface area contributed by atoms with Crippen LogP contribution in [0.3, 0.4) is 0 Å². The first-order chi connectivity index (χ1) is 24.2. The topological polar surface area (TPSA) is 102 Å². The third kappa shape index (κ3) is 7.77. The molecule has 12 heteroatoms. The molecule has 0 unspecified atom stereocenters. The minimum Gasteiger partial charge on any atom is -0.481 e. The molecule has 50 heavy (non-hydrogen) atoms. The maximum atomic E-state index is 15.6. The predicted molar refractivity (Wildman–Crippen MR) is 190 cm³/mol. The van der Waals surface area contributed by atoms with E-state index in [0.29, 0.717) is 84.7 Å². The van der Waals surface area contributed by atoms with Gasteiger partial charge in [0.05, 0.1) is 35.7 Å². The Hall–Kier alpha value is -4.12. The predicted octanol–water partition coefficient (Wildman–Crippen LogP) is 8.14. The highest BCUT2D eigenvalue weighted by atomic mass is 35.5. The molecule has 4 aromatic rings. The highest BCUT2D eigenvalue weighted by Crippen LogP contribution is 2.45. The van der Waals surface area contributed by atoms with E-state index in [9.17, 15) is 9.59 Å². The Balaban J connectivity index is 1.26. The molecule has 0 radical (unpaired) electrons. The molecule has 2 atom stereocenters. The number of ether oxygens (including phenoxy) is 2. The summed E-state index contributed by atoms with van der Waals surface area (Å²) in [5.41, 5.74) is 2.86. The Labute approximate surface area is 299 Å². The zero-order valence-electron chi connectivity index (χ0n) is 27.9. The summed E-state index contributed by atoms with van der Waals surface area (Å²) >= 11 is 13.7. The number of hydrogen-bond acceptors (Lipinski definition) is 7. The summed E-state index contributed by atoms with van der Waals surface area (Å²) < 4.78 is 42.4. The van der Waals surface area contributed by atoms with Crippen molar-refractivity contribution in [2.75, 3.05) is 20.8 Å². The smallest absolute Gasteiger partial charge is 0.220 e. The number of halogens is 4. The Morgan fingerprint density at radius 1 is 0.820 bits per heavy atom. The van der Waals surface area contributed by atoms with Gasteiger partial charge in [0.2, 0.25) is 17.7 Å². The number of pyridine rings is 2. The van der Waals surface area contributed by atoms with Gasteiger partial charge in [-0.1, -0.05) is 35.3 Å². The van der Waals surface area contributed by atoms with Gasteiger partial charge >= 0.3 is 0 Å². The molecule has 1 aliphatic heterocycles. The fraction of sp³-hybridized carbons (Fsp3) is 0.368. The number of nitrogens with one attached hydrogen (secondary N) is 2. The van der Waals surface area contributed by atoms with Crippen LogP contribution in [0.1, 0.15) is 56.1 Å². The first-order valence-electron chi connectivity index (χ1n) is 16.7. The molecule has 262 valence electrons. The monoisotopic (exact) mass is 722 g/mol. The fourth-order valence-electron chi connectivity index (χ4n) is 6.78. The minimum absolute atomic E-state index is 0.0573. The van der Waals surface area contributed by atoms with Crippen molar-refractivity contribution in [2.45, 2.75) is 64.0 Å². The zero-order chi connectivity index (χ0) is 35.4. The lowest BCUT2D eigenvalue weighted by molar-refractivity contribution is -0.119. The highest BCUT2D eigenvalue weighted by Gasteiger charge is 2.26. The summed E-state index contributed by atoms with van der Waals surface area (Å²) in [7, 11) is 3.03. The largest absolute Gasteiger partial charge is 0.481 e. The van der Waals surface area contributed by atoms with Gasteiger partial charge in [-0.2, -0.15) is 0 Å². The highest BCUT2D eigenvalue weighted by molar-refractivity contribution is 6.39. The lowest BCUT2D eigenvalue weighted by atomic mass is 9.96. The van der Waals surface area contributed by atoms with Gasteiger partial charge in [0.15, 0.2) is 0 Å². The van der Waals surface area contributed by atoms with Gasteiger partial charge in [-0.25, -0.2) is 18.7 Å². The molecular weight excluding hydrogens is 685 g/mol. The van der Waals surface area contributed by atoms with E-state index in [-0.39, 0.29) is 33.1 Å². The van der Waals surface area contributed by atoms with Gasteiger partial charge in [0.25, 0.3) is 0 Å². The first kappa shape index (κ1) is 35.7. The number of amides is 1. The van der Waals surface area contributed by atoms with Crippen LogP contribution in [0.4, 0.5) is 8.78 Å². The molecule has 2 aromatic carbocycles. The molecule has 1 saturated carbocycles. The average molecular weight is 724 g/mol. The van der Waals surface area contributed by atoms with Gasteiger partial charge in [-0.15, -0.1) is 0 Å². The molecule has 3 heterocycles. The van der Waals surface area contributed by atoms with Gasteiger partial charge in [-0.05, 0) is 81.0 Å². The molecule has 8 nitrogen and oxygen atoms in total. The van der Waals surface area contributed by atoms with Crippen LogP contribution in [-0.2, 0) is 22.6 Å². The summed E-state index contributed by atoms with van der Waals surface area (Å²) in [5, 5.41) is 6.25. The molecule has 2 fully saturated rings. The lowest BCUT2D eigenvalue weighted by Crippen LogP contribution is -2.25. The van der Waals surface area contributed by atoms with Crippen molar-refractivity contribution in [1.82, 2.24) is 20.6 Å². The third-order valence-corrected chi connectivity index (χ3v) is 10.2. The molecule has 0 bridgehead atoms. The number of Topliss-reactive ketones (excluding diaryl/α,β-unsaturated/α-hetero) is 1. The Bertz CT molecular complexity index is 1790. The van der Waals surface area contributed by atoms with Gasteiger partial charge < -0.3 is 20.1 Å². The SMILES string of the molecule is COc1nc(-c2ccc(F)c(-c3c(F)ccc(-c4ccc(CNC[C@@H]5CCC(=O)C5)c(OC)n4)c3Cl)c2Cl)ccc1CCC[C@@H]1CCC(=O)N1. The lowest BCUT2D eigenvalue weighted by Gasteiger charge is -2.17. The number of hydrogen-bond donors (Lipinski definition) is 2. The number of methoxy groups -OCH3 is 2. The standard InChI is InChI=1S/C38H38Cl2F2N4O4/c1-49-37-22(4-3-5-24-9-17-32(48)44-24)7-15-30(45-37)26-11-13-28(41)33(35(26)39)34-29(42)14-12-27(36(34)40)31-16-8-23(38(46-31)50-2)20-43-19-21-6-10-25(47)18-21/h7-8,11-16,21,24,43H,3-6,9-10,17-20H2,1-2H3,(H,44,48)/t21-,24-/m1/s1. The maximum absolute atomic E-state index is 15.6. The molecule has 2 aromatic heterocycles. The number of nitrogens with zero attached hydrogens (tertiary/aromatic N) is 2. The molecule has 1 amide bonds. The number of carbonyl (C=O) groups excluding carboxylic acids is 2. The van der Waals surface area contributed by atoms with Crippen molar-refractivity contribution >= 4 is 34.9 Å². The van der Waals surface area contributed by atoms with Crippen molar-refractivity contribution in [3.8, 4) is 45.4 Å². The number of aromatic nitrogens is 2. The summed E-state index contributed by atoms with van der Waals surface area (Å²) in [5.74, 6) is -0.0341. The van der Waals surface area contributed by atoms with Crippen LogP contribution in [0.5, 0.6) is 11.8 Å². The fourth-order valence-corrected chi connectivity index (χ4v) is 7.47. The summed E-state index contributed by atoms with van der Waals surface area (Å²) in [6.45, 7) is 1.20. The molecule has 2 N–H and O–H groups in total. The van der Waals surface area contributed by atoms with E-state index in [4.69, 9.17) is 32.7 Å². The number of rotatable bonds is 13. The van der Waals surface area contributed by atoms with Crippen molar-refractivity contribution in [1.29, 1.82) is 0 Å². The Kier molecular flexibility index (Phi) is 11.3. The van der Waals surface area contributed by atoms with Gasteiger partial charge in [-0.3, -0.25) is 9.59 Å². The summed E-state index contributed by atoms with van der Waals surface area (Å²) in [6.07, 6.45) is 5.90. The number of ketones is 1. The van der Waals surface area contributed by atoms with Crippen LogP contribution < -0.4 is 20.1 Å². The van der Waals surface area contributed by atoms with Gasteiger partial charge in [0, 0.05) is 65.2 Å². The minimum atomic E-state index is -0.755. The molecular formula is C38H38Cl2F2N4O4. The third-order valence-electron chi connectivity index (χ3n) is 9.43. The number of aryl methyl sites for hydroxylation is 1. The van der Waals surface area contributed by atoms with E-state index in [1.807, 2.05) is 12.1 Å². The second-order valence-corrected chi connectivity index (χ2v) is 13.5. The van der Waals surface area contributed by atoms with Gasteiger partial charge in [0.1, 0.15) is 17.4 Å². The van der Waals surface area contributed by atoms with E-state index in [0.717, 1.165) is 36.8 Å². The van der Waals surface area contributed by atoms with E-state index in [1.165, 1.54) is 38.5 Å². The van der Waals surface area contributed by atoms with E-state index >= 15 is 8.78 Å². The Morgan fingerprint density at radius 2 is 1.42 bits per heavy atom. The van der Waals surface area contributed by atoms with Crippen molar-refractivity contribution in [3.05, 3.63) is 81.3 Å². The van der Waals surface area contributed by atoms with Crippen LogP contribution in [-0.4, -0.2) is 48.5 Å². The number of benzene rings is 2. The second kappa shape index (κ2) is 15.8. The van der Waals surface area contributed by atoms with Crippen LogP contribution in [0.2, 0.25) is 10.0 Å². The van der Waals surface area contributed by atoms with Crippen LogP contribution >= 0.6 is 23.2 Å².